The summed E-state index contributed by atoms with van der Waals surface area (Å²) in [6.45, 7) is 7.23. The van der Waals surface area contributed by atoms with Crippen LogP contribution >= 0.6 is 0 Å². The summed E-state index contributed by atoms with van der Waals surface area (Å²) in [4.78, 5) is 0. The summed E-state index contributed by atoms with van der Waals surface area (Å²) in [7, 11) is -1.55. The van der Waals surface area contributed by atoms with Crippen LogP contribution in [0.1, 0.15) is 30.5 Å². The van der Waals surface area contributed by atoms with E-state index in [0.717, 1.165) is 0 Å². The van der Waals surface area contributed by atoms with Crippen molar-refractivity contribution < 1.29 is 0 Å². The molecule has 0 aliphatic heterocycles. The smallest absolute Gasteiger partial charge is 0.0675 e. The summed E-state index contributed by atoms with van der Waals surface area (Å²) >= 11 is 0. The number of fused-ring (bicyclic) bond motifs is 1. The van der Waals surface area contributed by atoms with Gasteiger partial charge in [0.25, 0.3) is 0 Å². The third-order valence-electron chi connectivity index (χ3n) is 4.95. The lowest BCUT2D eigenvalue weighted by atomic mass is 10.1. The molecular weight excluding hydrogens is 256 g/mol. The van der Waals surface area contributed by atoms with Crippen LogP contribution in [-0.2, 0) is 0 Å². The minimum Gasteiger partial charge on any atom is -0.0675 e. The lowest BCUT2D eigenvalue weighted by Gasteiger charge is -2.35. The van der Waals surface area contributed by atoms with E-state index in [2.05, 4.69) is 81.1 Å². The molecule has 2 aromatic rings. The molecule has 0 saturated heterocycles. The number of hydrogen-bond donors (Lipinski definition) is 0. The molecule has 1 aliphatic rings. The zero-order chi connectivity index (χ0) is 14.2. The van der Waals surface area contributed by atoms with Crippen LogP contribution in [-0.4, -0.2) is 8.07 Å². The van der Waals surface area contributed by atoms with Gasteiger partial charge >= 0.3 is 0 Å². The standard InChI is InChI=1S/C19H22Si/c1-4-20(3,17-11-6-5-7-12-17)19-15(2)14-16-10-8-9-13-18(16)19/h5-14,19H,4H2,1-3H3. The Labute approximate surface area is 123 Å². The monoisotopic (exact) mass is 278 g/mol. The van der Waals surface area contributed by atoms with Gasteiger partial charge in [0.2, 0.25) is 0 Å². The summed E-state index contributed by atoms with van der Waals surface area (Å²) in [6, 6.07) is 21.4. The van der Waals surface area contributed by atoms with Gasteiger partial charge in [0.05, 0.1) is 8.07 Å². The van der Waals surface area contributed by atoms with E-state index < -0.39 is 8.07 Å². The molecule has 2 unspecified atom stereocenters. The van der Waals surface area contributed by atoms with Crippen LogP contribution in [0.3, 0.4) is 0 Å². The fourth-order valence-corrected chi connectivity index (χ4v) is 7.86. The van der Waals surface area contributed by atoms with Crippen molar-refractivity contribution in [2.24, 2.45) is 0 Å². The van der Waals surface area contributed by atoms with Crippen LogP contribution in [0.15, 0.2) is 60.2 Å². The molecule has 1 aliphatic carbocycles. The third-order valence-corrected chi connectivity index (χ3v) is 10.1. The van der Waals surface area contributed by atoms with Crippen LogP contribution in [0.2, 0.25) is 12.6 Å². The Morgan fingerprint density at radius 1 is 0.950 bits per heavy atom. The average Bonchev–Trinajstić information content (AvgIpc) is 2.83. The first-order valence-corrected chi connectivity index (χ1v) is 10.3. The topological polar surface area (TPSA) is 0 Å². The molecule has 0 spiro atoms. The van der Waals surface area contributed by atoms with Crippen molar-refractivity contribution >= 4 is 19.3 Å². The molecule has 20 heavy (non-hydrogen) atoms. The molecule has 0 fully saturated rings. The zero-order valence-electron chi connectivity index (χ0n) is 12.6. The van der Waals surface area contributed by atoms with Crippen molar-refractivity contribution in [1.29, 1.82) is 0 Å². The van der Waals surface area contributed by atoms with Gasteiger partial charge in [0, 0.05) is 5.54 Å². The molecule has 1 heteroatoms. The van der Waals surface area contributed by atoms with Gasteiger partial charge < -0.3 is 0 Å². The van der Waals surface area contributed by atoms with Gasteiger partial charge in [-0.1, -0.05) is 90.9 Å². The summed E-state index contributed by atoms with van der Waals surface area (Å²) in [6.07, 6.45) is 2.39. The minimum atomic E-state index is -1.55. The molecule has 0 bridgehead atoms. The largest absolute Gasteiger partial charge is 0.0950 e. The SMILES string of the molecule is CC[Si](C)(c1ccccc1)C1C(C)=Cc2ccccc21. The first-order valence-electron chi connectivity index (χ1n) is 7.49. The molecule has 0 amide bonds. The summed E-state index contributed by atoms with van der Waals surface area (Å²) < 4.78 is 0. The number of benzene rings is 2. The number of hydrogen-bond acceptors (Lipinski definition) is 0. The van der Waals surface area contributed by atoms with Crippen molar-refractivity contribution in [3.63, 3.8) is 0 Å². The minimum absolute atomic E-state index is 0.631. The van der Waals surface area contributed by atoms with E-state index in [0.29, 0.717) is 5.54 Å². The molecule has 102 valence electrons. The predicted molar refractivity (Wildman–Crippen MR) is 91.0 cm³/mol. The van der Waals surface area contributed by atoms with Crippen molar-refractivity contribution in [1.82, 2.24) is 0 Å². The summed E-state index contributed by atoms with van der Waals surface area (Å²) in [5.41, 5.74) is 5.15. The molecule has 3 rings (SSSR count). The highest BCUT2D eigenvalue weighted by Crippen LogP contribution is 2.43. The van der Waals surface area contributed by atoms with E-state index in [4.69, 9.17) is 0 Å². The van der Waals surface area contributed by atoms with Crippen LogP contribution in [0, 0.1) is 0 Å². The van der Waals surface area contributed by atoms with Crippen molar-refractivity contribution in [2.75, 3.05) is 0 Å². The molecule has 0 radical (unpaired) electrons. The first kappa shape index (κ1) is 13.4. The molecule has 0 aromatic heterocycles. The van der Waals surface area contributed by atoms with E-state index >= 15 is 0 Å². The normalized spacial score (nSPS) is 20.1. The maximum absolute atomic E-state index is 2.55. The molecule has 0 heterocycles. The van der Waals surface area contributed by atoms with Crippen molar-refractivity contribution in [3.05, 3.63) is 71.3 Å². The van der Waals surface area contributed by atoms with Crippen molar-refractivity contribution in [2.45, 2.75) is 32.0 Å². The van der Waals surface area contributed by atoms with E-state index in [1.165, 1.54) is 11.6 Å². The first-order chi connectivity index (χ1) is 9.66. The predicted octanol–water partition coefficient (Wildman–Crippen LogP) is 4.73. The van der Waals surface area contributed by atoms with Gasteiger partial charge in [-0.05, 0) is 18.1 Å². The molecule has 0 saturated carbocycles. The van der Waals surface area contributed by atoms with Gasteiger partial charge in [-0.3, -0.25) is 0 Å². The lowest BCUT2D eigenvalue weighted by Crippen LogP contribution is -2.49. The van der Waals surface area contributed by atoms with E-state index in [1.807, 2.05) is 0 Å². The Hall–Kier alpha value is -1.60. The highest BCUT2D eigenvalue weighted by atomic mass is 28.3. The Morgan fingerprint density at radius 2 is 1.60 bits per heavy atom. The van der Waals surface area contributed by atoms with Crippen LogP contribution in [0.5, 0.6) is 0 Å². The molecule has 2 atom stereocenters. The second-order valence-corrected chi connectivity index (χ2v) is 10.8. The fourth-order valence-electron chi connectivity index (χ4n) is 3.72. The Kier molecular flexibility index (Phi) is 3.39. The second kappa shape index (κ2) is 5.06. The maximum atomic E-state index is 2.55. The van der Waals surface area contributed by atoms with Gasteiger partial charge in [-0.2, -0.15) is 0 Å². The quantitative estimate of drug-likeness (QED) is 0.712. The van der Waals surface area contributed by atoms with Crippen LogP contribution in [0.25, 0.3) is 6.08 Å². The fraction of sp³-hybridized carbons (Fsp3) is 0.263. The van der Waals surface area contributed by atoms with Gasteiger partial charge in [0.15, 0.2) is 0 Å². The lowest BCUT2D eigenvalue weighted by molar-refractivity contribution is 1.06. The van der Waals surface area contributed by atoms with Gasteiger partial charge in [-0.15, -0.1) is 0 Å². The Bertz CT molecular complexity index is 642. The van der Waals surface area contributed by atoms with E-state index in [-0.39, 0.29) is 0 Å². The van der Waals surface area contributed by atoms with Gasteiger partial charge in [-0.25, -0.2) is 0 Å². The maximum Gasteiger partial charge on any atom is 0.0950 e. The summed E-state index contributed by atoms with van der Waals surface area (Å²) in [5.74, 6) is 0. The van der Waals surface area contributed by atoms with Crippen LogP contribution < -0.4 is 5.19 Å². The molecular formula is C19H22Si. The molecule has 2 aromatic carbocycles. The summed E-state index contributed by atoms with van der Waals surface area (Å²) in [5, 5.41) is 1.58. The third kappa shape index (κ3) is 1.97. The highest BCUT2D eigenvalue weighted by Gasteiger charge is 2.41. The Balaban J connectivity index is 2.14. The molecule has 0 nitrogen and oxygen atoms in total. The average molecular weight is 278 g/mol. The van der Waals surface area contributed by atoms with E-state index in [1.54, 1.807) is 16.3 Å². The van der Waals surface area contributed by atoms with Crippen molar-refractivity contribution in [3.8, 4) is 0 Å². The zero-order valence-corrected chi connectivity index (χ0v) is 13.6. The highest BCUT2D eigenvalue weighted by molar-refractivity contribution is 6.92. The Morgan fingerprint density at radius 3 is 2.30 bits per heavy atom. The van der Waals surface area contributed by atoms with E-state index in [9.17, 15) is 0 Å². The number of allylic oxidation sites excluding steroid dienone is 1. The van der Waals surface area contributed by atoms with Crippen LogP contribution in [0.4, 0.5) is 0 Å². The second-order valence-electron chi connectivity index (χ2n) is 6.09. The van der Waals surface area contributed by atoms with Gasteiger partial charge in [0.1, 0.15) is 0 Å². The number of rotatable bonds is 3. The molecule has 0 N–H and O–H groups in total.